The molecule has 60 valence electrons. The highest BCUT2D eigenvalue weighted by Gasteiger charge is 1.95. The fourth-order valence-electron chi connectivity index (χ4n) is 1.05. The Kier molecular flexibility index (Phi) is 1.55. The first kappa shape index (κ1) is 6.91. The van der Waals surface area contributed by atoms with Gasteiger partial charge in [0.15, 0.2) is 0 Å². The van der Waals surface area contributed by atoms with E-state index in [4.69, 9.17) is 5.11 Å². The molecule has 0 unspecified atom stereocenters. The Morgan fingerprint density at radius 2 is 1.92 bits per heavy atom. The van der Waals surface area contributed by atoms with Crippen LogP contribution >= 0.6 is 0 Å². The molecule has 0 saturated heterocycles. The minimum Gasteiger partial charge on any atom is -0.492 e. The van der Waals surface area contributed by atoms with Gasteiger partial charge in [-0.05, 0) is 12.1 Å². The number of hydrogen-bond donors (Lipinski definition) is 1. The molecule has 1 heterocycles. The quantitative estimate of drug-likeness (QED) is 0.687. The molecule has 0 aliphatic rings. The molecule has 1 aromatic heterocycles. The summed E-state index contributed by atoms with van der Waals surface area (Å²) in [6, 6.07) is 9.71. The van der Waals surface area contributed by atoms with E-state index in [2.05, 4.69) is 4.98 Å². The number of rotatable bonds is 1. The zero-order valence-corrected chi connectivity index (χ0v) is 6.38. The van der Waals surface area contributed by atoms with Crippen LogP contribution < -0.4 is 0 Å². The van der Waals surface area contributed by atoms with Gasteiger partial charge in [0.05, 0.1) is 6.20 Å². The molecular weight excluding hydrogens is 152 g/mol. The molecule has 2 rings (SSSR count). The first-order valence-electron chi connectivity index (χ1n) is 3.64. The lowest BCUT2D eigenvalue weighted by molar-refractivity contribution is 0.456. The van der Waals surface area contributed by atoms with Gasteiger partial charge < -0.3 is 9.67 Å². The van der Waals surface area contributed by atoms with Gasteiger partial charge in [-0.1, -0.05) is 18.2 Å². The minimum absolute atomic E-state index is 0.0406. The van der Waals surface area contributed by atoms with Crippen LogP contribution in [0.2, 0.25) is 0 Å². The van der Waals surface area contributed by atoms with E-state index in [0.717, 1.165) is 5.69 Å². The molecule has 3 heteroatoms. The molecule has 1 N–H and O–H groups in total. The van der Waals surface area contributed by atoms with Crippen LogP contribution in [0, 0.1) is 0 Å². The number of aromatic nitrogens is 2. The fourth-order valence-corrected chi connectivity index (χ4v) is 1.05. The van der Waals surface area contributed by atoms with Crippen molar-refractivity contribution >= 4 is 0 Å². The fraction of sp³-hybridized carbons (Fsp3) is 0. The van der Waals surface area contributed by atoms with E-state index >= 15 is 0 Å². The van der Waals surface area contributed by atoms with Gasteiger partial charge in [-0.25, -0.2) is 4.98 Å². The Hall–Kier alpha value is -1.77. The van der Waals surface area contributed by atoms with Crippen LogP contribution in [0.15, 0.2) is 42.9 Å². The normalized spacial score (nSPS) is 10.0. The lowest BCUT2D eigenvalue weighted by Crippen LogP contribution is -1.87. The van der Waals surface area contributed by atoms with E-state index in [-0.39, 0.29) is 5.88 Å². The van der Waals surface area contributed by atoms with Crippen molar-refractivity contribution in [2.45, 2.75) is 0 Å². The van der Waals surface area contributed by atoms with Crippen LogP contribution in [0.25, 0.3) is 5.69 Å². The van der Waals surface area contributed by atoms with E-state index in [1.165, 1.54) is 0 Å². The largest absolute Gasteiger partial charge is 0.492 e. The maximum Gasteiger partial charge on any atom is 0.229 e. The summed E-state index contributed by atoms with van der Waals surface area (Å²) in [4.78, 5) is 3.71. The lowest BCUT2D eigenvalue weighted by atomic mass is 10.3. The van der Waals surface area contributed by atoms with Crippen molar-refractivity contribution in [3.05, 3.63) is 42.9 Å². The summed E-state index contributed by atoms with van der Waals surface area (Å²) in [6.45, 7) is 0. The van der Waals surface area contributed by atoms with Crippen molar-refractivity contribution in [2.24, 2.45) is 0 Å². The zero-order valence-electron chi connectivity index (χ0n) is 6.38. The predicted molar refractivity (Wildman–Crippen MR) is 45.2 cm³/mol. The molecule has 0 saturated carbocycles. The van der Waals surface area contributed by atoms with Gasteiger partial charge >= 0.3 is 0 Å². The van der Waals surface area contributed by atoms with Crippen LogP contribution in [0.4, 0.5) is 0 Å². The molecule has 0 atom stereocenters. The first-order chi connectivity index (χ1) is 5.86. The summed E-state index contributed by atoms with van der Waals surface area (Å²) >= 11 is 0. The van der Waals surface area contributed by atoms with Crippen molar-refractivity contribution in [3.63, 3.8) is 0 Å². The summed E-state index contributed by atoms with van der Waals surface area (Å²) in [5.74, 6) is 0.0406. The van der Waals surface area contributed by atoms with Crippen molar-refractivity contribution in [1.82, 2.24) is 9.55 Å². The second kappa shape index (κ2) is 2.70. The Labute approximate surface area is 69.9 Å². The van der Waals surface area contributed by atoms with Gasteiger partial charge in [0, 0.05) is 5.69 Å². The minimum atomic E-state index is 0.0406. The number of nitrogens with zero attached hydrogens (tertiary/aromatic N) is 2. The highest BCUT2D eigenvalue weighted by molar-refractivity contribution is 5.32. The zero-order chi connectivity index (χ0) is 8.39. The standard InChI is InChI=1S/C9H8N2O/c12-9-6-11(7-10-9)8-4-2-1-3-5-8/h1-7,12H. The topological polar surface area (TPSA) is 38.0 Å². The van der Waals surface area contributed by atoms with E-state index in [0.29, 0.717) is 0 Å². The first-order valence-corrected chi connectivity index (χ1v) is 3.64. The molecule has 2 aromatic rings. The SMILES string of the molecule is Oc1cn(-c2ccccc2)cn1. The van der Waals surface area contributed by atoms with Gasteiger partial charge in [-0.3, -0.25) is 0 Å². The third-order valence-electron chi connectivity index (χ3n) is 1.62. The summed E-state index contributed by atoms with van der Waals surface area (Å²) in [6.07, 6.45) is 3.14. The molecule has 0 bridgehead atoms. The van der Waals surface area contributed by atoms with Crippen LogP contribution in [0.3, 0.4) is 0 Å². The van der Waals surface area contributed by atoms with Crippen molar-refractivity contribution in [2.75, 3.05) is 0 Å². The Morgan fingerprint density at radius 1 is 1.17 bits per heavy atom. The maximum absolute atomic E-state index is 8.98. The van der Waals surface area contributed by atoms with Crippen molar-refractivity contribution in [3.8, 4) is 11.6 Å². The second-order valence-corrected chi connectivity index (χ2v) is 2.47. The molecule has 0 aliphatic heterocycles. The molecule has 0 spiro atoms. The molecule has 0 amide bonds. The molecule has 0 radical (unpaired) electrons. The average molecular weight is 160 g/mol. The average Bonchev–Trinajstić information content (AvgIpc) is 2.54. The Morgan fingerprint density at radius 3 is 2.50 bits per heavy atom. The van der Waals surface area contributed by atoms with Crippen LogP contribution in [-0.4, -0.2) is 14.7 Å². The number of imidazole rings is 1. The molecule has 3 nitrogen and oxygen atoms in total. The van der Waals surface area contributed by atoms with Gasteiger partial charge in [0.1, 0.15) is 6.33 Å². The summed E-state index contributed by atoms with van der Waals surface area (Å²) in [5.41, 5.74) is 0.991. The lowest BCUT2D eigenvalue weighted by Gasteiger charge is -1.98. The van der Waals surface area contributed by atoms with Crippen LogP contribution in [-0.2, 0) is 0 Å². The third-order valence-corrected chi connectivity index (χ3v) is 1.62. The number of para-hydroxylation sites is 1. The van der Waals surface area contributed by atoms with Gasteiger partial charge in [0.2, 0.25) is 5.88 Å². The van der Waals surface area contributed by atoms with Crippen molar-refractivity contribution in [1.29, 1.82) is 0 Å². The van der Waals surface area contributed by atoms with Gasteiger partial charge in [-0.15, -0.1) is 0 Å². The van der Waals surface area contributed by atoms with Crippen LogP contribution in [0.5, 0.6) is 5.88 Å². The monoisotopic (exact) mass is 160 g/mol. The van der Waals surface area contributed by atoms with E-state index in [1.54, 1.807) is 17.1 Å². The number of hydrogen-bond acceptors (Lipinski definition) is 2. The highest BCUT2D eigenvalue weighted by Crippen LogP contribution is 2.10. The Balaban J connectivity index is 2.45. The van der Waals surface area contributed by atoms with Crippen LogP contribution in [0.1, 0.15) is 0 Å². The van der Waals surface area contributed by atoms with Crippen molar-refractivity contribution < 1.29 is 5.11 Å². The molecule has 1 aromatic carbocycles. The summed E-state index contributed by atoms with van der Waals surface area (Å²) in [7, 11) is 0. The molecule has 12 heavy (non-hydrogen) atoms. The maximum atomic E-state index is 8.98. The second-order valence-electron chi connectivity index (χ2n) is 2.47. The van der Waals surface area contributed by atoms with E-state index in [9.17, 15) is 0 Å². The van der Waals surface area contributed by atoms with Gasteiger partial charge in [0.25, 0.3) is 0 Å². The third kappa shape index (κ3) is 1.16. The van der Waals surface area contributed by atoms with Gasteiger partial charge in [-0.2, -0.15) is 0 Å². The number of benzene rings is 1. The molecular formula is C9H8N2O. The summed E-state index contributed by atoms with van der Waals surface area (Å²) in [5, 5.41) is 8.98. The summed E-state index contributed by atoms with van der Waals surface area (Å²) < 4.78 is 1.76. The number of aromatic hydroxyl groups is 1. The van der Waals surface area contributed by atoms with E-state index < -0.39 is 0 Å². The highest BCUT2D eigenvalue weighted by atomic mass is 16.3. The Bertz CT molecular complexity index is 367. The molecule has 0 aliphatic carbocycles. The smallest absolute Gasteiger partial charge is 0.229 e. The van der Waals surface area contributed by atoms with E-state index in [1.807, 2.05) is 30.3 Å². The predicted octanol–water partition coefficient (Wildman–Crippen LogP) is 1.58. The molecule has 0 fully saturated rings.